The zero-order valence-electron chi connectivity index (χ0n) is 12.0. The van der Waals surface area contributed by atoms with Crippen molar-refractivity contribution >= 4 is 17.2 Å². The largest absolute Gasteiger partial charge is 0.366 e. The number of aryl methyl sites for hydroxylation is 1. The van der Waals surface area contributed by atoms with Crippen LogP contribution in [0.4, 0.5) is 0 Å². The lowest BCUT2D eigenvalue weighted by molar-refractivity contribution is -0.154. The van der Waals surface area contributed by atoms with E-state index in [-0.39, 0.29) is 24.7 Å². The summed E-state index contributed by atoms with van der Waals surface area (Å²) in [6, 6.07) is 0.240. The maximum absolute atomic E-state index is 11.7. The van der Waals surface area contributed by atoms with Gasteiger partial charge in [-0.15, -0.1) is 11.3 Å². The number of aromatic nitrogens is 1. The highest BCUT2D eigenvalue weighted by Crippen LogP contribution is 2.25. The van der Waals surface area contributed by atoms with Crippen molar-refractivity contribution in [3.63, 3.8) is 0 Å². The van der Waals surface area contributed by atoms with Crippen LogP contribution in [0.3, 0.4) is 0 Å². The van der Waals surface area contributed by atoms with E-state index in [2.05, 4.69) is 16.8 Å². The van der Waals surface area contributed by atoms with Crippen LogP contribution in [0.15, 0.2) is 5.51 Å². The smallest absolute Gasteiger partial charge is 0.248 e. The number of amides is 1. The van der Waals surface area contributed by atoms with Gasteiger partial charge in [0.05, 0.1) is 23.4 Å². The zero-order valence-corrected chi connectivity index (χ0v) is 12.9. The van der Waals surface area contributed by atoms with Crippen LogP contribution < -0.4 is 0 Å². The van der Waals surface area contributed by atoms with Gasteiger partial charge in [0.25, 0.3) is 0 Å². The van der Waals surface area contributed by atoms with Crippen molar-refractivity contribution in [2.24, 2.45) is 0 Å². The highest BCUT2D eigenvalue weighted by atomic mass is 32.1. The molecule has 3 heterocycles. The molecule has 0 unspecified atom stereocenters. The van der Waals surface area contributed by atoms with Gasteiger partial charge < -0.3 is 9.64 Å². The average molecular weight is 295 g/mol. The number of carbonyl (C=O) groups is 1. The molecule has 2 aliphatic rings. The maximum Gasteiger partial charge on any atom is 0.248 e. The molecule has 1 amide bonds. The third kappa shape index (κ3) is 2.73. The summed E-state index contributed by atoms with van der Waals surface area (Å²) in [7, 11) is 1.91. The van der Waals surface area contributed by atoms with Crippen molar-refractivity contribution in [2.75, 3.05) is 26.7 Å². The van der Waals surface area contributed by atoms with Crippen LogP contribution in [-0.2, 0) is 16.1 Å². The average Bonchev–Trinajstić information content (AvgIpc) is 2.72. The van der Waals surface area contributed by atoms with Crippen LogP contribution in [0, 0.1) is 6.92 Å². The number of likely N-dealkylation sites (tertiary alicyclic amines) is 1. The number of thiazole rings is 1. The fourth-order valence-electron chi connectivity index (χ4n) is 3.06. The number of hydrogen-bond acceptors (Lipinski definition) is 5. The van der Waals surface area contributed by atoms with Crippen LogP contribution >= 0.6 is 11.3 Å². The molecule has 20 heavy (non-hydrogen) atoms. The molecule has 3 rings (SSSR count). The van der Waals surface area contributed by atoms with E-state index < -0.39 is 0 Å². The van der Waals surface area contributed by atoms with E-state index in [0.717, 1.165) is 38.2 Å². The lowest BCUT2D eigenvalue weighted by Crippen LogP contribution is -2.52. The van der Waals surface area contributed by atoms with Gasteiger partial charge in [-0.1, -0.05) is 0 Å². The van der Waals surface area contributed by atoms with Crippen molar-refractivity contribution in [1.82, 2.24) is 14.8 Å². The van der Waals surface area contributed by atoms with Crippen molar-refractivity contribution in [3.8, 4) is 0 Å². The Labute approximate surface area is 123 Å². The van der Waals surface area contributed by atoms with Crippen LogP contribution in [0.2, 0.25) is 0 Å². The summed E-state index contributed by atoms with van der Waals surface area (Å²) in [5, 5.41) is 0. The summed E-state index contributed by atoms with van der Waals surface area (Å²) in [5.74, 6) is 0.109. The van der Waals surface area contributed by atoms with E-state index in [1.807, 2.05) is 17.5 Å². The molecule has 0 N–H and O–H groups in total. The first-order chi connectivity index (χ1) is 9.65. The Morgan fingerprint density at radius 1 is 1.45 bits per heavy atom. The number of nitrogens with zero attached hydrogens (tertiary/aromatic N) is 3. The third-order valence-corrected chi connectivity index (χ3v) is 5.34. The van der Waals surface area contributed by atoms with E-state index >= 15 is 0 Å². The molecule has 0 bridgehead atoms. The van der Waals surface area contributed by atoms with Crippen molar-refractivity contribution in [3.05, 3.63) is 16.1 Å². The van der Waals surface area contributed by atoms with Crippen molar-refractivity contribution in [2.45, 2.75) is 38.5 Å². The quantitative estimate of drug-likeness (QED) is 0.824. The molecule has 2 fully saturated rings. The van der Waals surface area contributed by atoms with Crippen LogP contribution in [0.1, 0.15) is 23.4 Å². The minimum atomic E-state index is 0.109. The van der Waals surface area contributed by atoms with Crippen LogP contribution in [0.25, 0.3) is 0 Å². The Kier molecular flexibility index (Phi) is 4.05. The molecule has 110 valence electrons. The third-order valence-electron chi connectivity index (χ3n) is 4.42. The van der Waals surface area contributed by atoms with Gasteiger partial charge in [0, 0.05) is 31.6 Å². The first kappa shape index (κ1) is 14.0. The predicted octanol–water partition coefficient (Wildman–Crippen LogP) is 1.27. The number of ether oxygens (including phenoxy) is 1. The number of morpholine rings is 1. The molecule has 2 saturated heterocycles. The Morgan fingerprint density at radius 3 is 3.00 bits per heavy atom. The number of likely N-dealkylation sites (N-methyl/N-ethyl adjacent to an activating group) is 1. The van der Waals surface area contributed by atoms with E-state index in [1.165, 1.54) is 4.88 Å². The second kappa shape index (κ2) is 5.79. The van der Waals surface area contributed by atoms with Gasteiger partial charge in [-0.25, -0.2) is 4.98 Å². The topological polar surface area (TPSA) is 45.7 Å². The fraction of sp³-hybridized carbons (Fsp3) is 0.714. The lowest BCUT2D eigenvalue weighted by Gasteiger charge is -2.37. The van der Waals surface area contributed by atoms with Gasteiger partial charge >= 0.3 is 0 Å². The Hall–Kier alpha value is -0.980. The predicted molar refractivity (Wildman–Crippen MR) is 77.7 cm³/mol. The minimum Gasteiger partial charge on any atom is -0.366 e. The first-order valence-corrected chi connectivity index (χ1v) is 8.01. The monoisotopic (exact) mass is 295 g/mol. The van der Waals surface area contributed by atoms with E-state index in [4.69, 9.17) is 4.74 Å². The van der Waals surface area contributed by atoms with Crippen LogP contribution in [0.5, 0.6) is 0 Å². The van der Waals surface area contributed by atoms with E-state index in [0.29, 0.717) is 0 Å². The summed E-state index contributed by atoms with van der Waals surface area (Å²) < 4.78 is 5.72. The van der Waals surface area contributed by atoms with E-state index in [1.54, 1.807) is 11.3 Å². The number of fused-ring (bicyclic) bond motifs is 1. The van der Waals surface area contributed by atoms with Gasteiger partial charge in [-0.3, -0.25) is 9.69 Å². The van der Waals surface area contributed by atoms with Crippen LogP contribution in [-0.4, -0.2) is 59.6 Å². The molecule has 6 heteroatoms. The van der Waals surface area contributed by atoms with E-state index in [9.17, 15) is 4.79 Å². The molecule has 0 aromatic carbocycles. The molecular formula is C14H21N3O2S. The zero-order chi connectivity index (χ0) is 14.1. The minimum absolute atomic E-state index is 0.109. The highest BCUT2D eigenvalue weighted by Gasteiger charge is 2.36. The fourth-order valence-corrected chi connectivity index (χ4v) is 3.87. The standard InChI is InChI=1S/C14H21N3O2S/c1-10-13(20-9-15-10)7-17-5-3-11-12(4-6-17)19-8-14(18)16(11)2/h9,11-12H,3-8H2,1-2H3/t11-,12-/m0/s1. The Bertz CT molecular complexity index is 491. The molecule has 0 aliphatic carbocycles. The van der Waals surface area contributed by atoms with Crippen molar-refractivity contribution in [1.29, 1.82) is 0 Å². The molecule has 0 radical (unpaired) electrons. The van der Waals surface area contributed by atoms with Gasteiger partial charge in [0.2, 0.25) is 5.91 Å². The molecule has 2 atom stereocenters. The summed E-state index contributed by atoms with van der Waals surface area (Å²) >= 11 is 1.73. The second-order valence-electron chi connectivity index (χ2n) is 5.64. The molecular weight excluding hydrogens is 274 g/mol. The number of rotatable bonds is 2. The molecule has 0 spiro atoms. The molecule has 1 aromatic heterocycles. The summed E-state index contributed by atoms with van der Waals surface area (Å²) in [6.07, 6.45) is 2.19. The lowest BCUT2D eigenvalue weighted by atomic mass is 10.0. The SMILES string of the molecule is Cc1ncsc1CN1CC[C@@H]2OCC(=O)N(C)[C@H]2CC1. The van der Waals surface area contributed by atoms with Crippen molar-refractivity contribution < 1.29 is 9.53 Å². The summed E-state index contributed by atoms with van der Waals surface area (Å²) in [6.45, 7) is 5.32. The summed E-state index contributed by atoms with van der Waals surface area (Å²) in [5.41, 5.74) is 3.05. The Morgan fingerprint density at radius 2 is 2.25 bits per heavy atom. The number of carbonyl (C=O) groups excluding carboxylic acids is 1. The van der Waals surface area contributed by atoms with Gasteiger partial charge in [0.1, 0.15) is 6.61 Å². The normalized spacial score (nSPS) is 28.3. The molecule has 5 nitrogen and oxygen atoms in total. The molecule has 2 aliphatic heterocycles. The van der Waals surface area contributed by atoms with Gasteiger partial charge in [-0.05, 0) is 19.8 Å². The maximum atomic E-state index is 11.7. The van der Waals surface area contributed by atoms with Gasteiger partial charge in [0.15, 0.2) is 0 Å². The van der Waals surface area contributed by atoms with Gasteiger partial charge in [-0.2, -0.15) is 0 Å². The first-order valence-electron chi connectivity index (χ1n) is 7.13. The second-order valence-corrected chi connectivity index (χ2v) is 6.58. The number of hydrogen-bond donors (Lipinski definition) is 0. The Balaban J connectivity index is 1.65. The summed E-state index contributed by atoms with van der Waals surface area (Å²) in [4.78, 5) is 21.7. The highest BCUT2D eigenvalue weighted by molar-refractivity contribution is 7.09. The molecule has 1 aromatic rings. The molecule has 0 saturated carbocycles.